The van der Waals surface area contributed by atoms with Crippen molar-refractivity contribution < 1.29 is 22.5 Å². The zero-order valence-corrected chi connectivity index (χ0v) is 19.1. The fourth-order valence-electron chi connectivity index (χ4n) is 2.88. The number of hydrogen-bond donors (Lipinski definition) is 2. The van der Waals surface area contributed by atoms with Gasteiger partial charge in [-0.15, -0.1) is 0 Å². The number of nitrogens with zero attached hydrogens (tertiary/aromatic N) is 1. The number of ether oxygens (including phenoxy) is 1. The van der Waals surface area contributed by atoms with Crippen molar-refractivity contribution in [3.05, 3.63) is 41.3 Å². The highest BCUT2D eigenvalue weighted by Gasteiger charge is 2.23. The van der Waals surface area contributed by atoms with E-state index < -0.39 is 10.0 Å². The molecular formula is C21H31N3O5S. The van der Waals surface area contributed by atoms with Crippen LogP contribution in [0.5, 0.6) is 5.75 Å². The third-order valence-electron chi connectivity index (χ3n) is 4.51. The van der Waals surface area contributed by atoms with E-state index in [0.717, 1.165) is 5.75 Å². The van der Waals surface area contributed by atoms with E-state index in [2.05, 4.69) is 36.0 Å². The van der Waals surface area contributed by atoms with Gasteiger partial charge in [0, 0.05) is 19.5 Å². The Hall–Kier alpha value is -2.39. The predicted molar refractivity (Wildman–Crippen MR) is 114 cm³/mol. The molecule has 1 amide bonds. The number of rotatable bonds is 10. The van der Waals surface area contributed by atoms with Crippen LogP contribution in [-0.2, 0) is 20.2 Å². The average molecular weight is 438 g/mol. The van der Waals surface area contributed by atoms with Gasteiger partial charge in [0.1, 0.15) is 16.3 Å². The molecule has 0 atom stereocenters. The van der Waals surface area contributed by atoms with Gasteiger partial charge < -0.3 is 14.6 Å². The Morgan fingerprint density at radius 3 is 2.37 bits per heavy atom. The summed E-state index contributed by atoms with van der Waals surface area (Å²) in [5, 5.41) is 6.33. The fourth-order valence-corrected chi connectivity index (χ4v) is 4.24. The standard InChI is InChI=1S/C21H31N3O5S/c1-15-20(16(2)29-24-15)30(26,27)23-13-12-22-19(25)7-6-14-28-18-10-8-17(9-11-18)21(3,4)5/h8-11,23H,6-7,12-14H2,1-5H3,(H,22,25). The zero-order valence-electron chi connectivity index (χ0n) is 18.2. The van der Waals surface area contributed by atoms with E-state index in [1.54, 1.807) is 6.92 Å². The third kappa shape index (κ3) is 6.84. The Labute approximate surface area is 178 Å². The molecule has 0 bridgehead atoms. The lowest BCUT2D eigenvalue weighted by molar-refractivity contribution is -0.121. The smallest absolute Gasteiger partial charge is 0.246 e. The monoisotopic (exact) mass is 437 g/mol. The molecule has 1 aromatic heterocycles. The number of sulfonamides is 1. The topological polar surface area (TPSA) is 111 Å². The highest BCUT2D eigenvalue weighted by Crippen LogP contribution is 2.24. The summed E-state index contributed by atoms with van der Waals surface area (Å²) in [5.74, 6) is 0.854. The lowest BCUT2D eigenvalue weighted by atomic mass is 9.87. The van der Waals surface area contributed by atoms with Crippen molar-refractivity contribution in [1.82, 2.24) is 15.2 Å². The van der Waals surface area contributed by atoms with E-state index >= 15 is 0 Å². The summed E-state index contributed by atoms with van der Waals surface area (Å²) in [6.07, 6.45) is 0.869. The molecule has 1 aromatic carbocycles. The number of amides is 1. The average Bonchev–Trinajstić information content (AvgIpc) is 3.01. The Morgan fingerprint density at radius 1 is 1.13 bits per heavy atom. The molecule has 2 N–H and O–H groups in total. The Bertz CT molecular complexity index is 925. The Morgan fingerprint density at radius 2 is 1.80 bits per heavy atom. The van der Waals surface area contributed by atoms with Crippen molar-refractivity contribution in [2.45, 2.75) is 57.8 Å². The van der Waals surface area contributed by atoms with Crippen LogP contribution in [0.2, 0.25) is 0 Å². The van der Waals surface area contributed by atoms with Gasteiger partial charge in [-0.2, -0.15) is 0 Å². The molecule has 0 aliphatic heterocycles. The van der Waals surface area contributed by atoms with E-state index in [1.807, 2.05) is 24.3 Å². The molecule has 2 aromatic rings. The number of aryl methyl sites for hydroxylation is 2. The molecule has 1 heterocycles. The molecule has 9 heteroatoms. The molecule has 0 fully saturated rings. The molecule has 166 valence electrons. The Kier molecular flexibility index (Phi) is 8.03. The lowest BCUT2D eigenvalue weighted by Gasteiger charge is -2.19. The largest absolute Gasteiger partial charge is 0.494 e. The van der Waals surface area contributed by atoms with Crippen molar-refractivity contribution in [2.24, 2.45) is 0 Å². The normalized spacial score (nSPS) is 12.0. The summed E-state index contributed by atoms with van der Waals surface area (Å²) in [6.45, 7) is 10.3. The summed E-state index contributed by atoms with van der Waals surface area (Å²) in [4.78, 5) is 11.9. The van der Waals surface area contributed by atoms with Crippen molar-refractivity contribution in [2.75, 3.05) is 19.7 Å². The van der Waals surface area contributed by atoms with E-state index in [4.69, 9.17) is 9.26 Å². The summed E-state index contributed by atoms with van der Waals surface area (Å²) in [6, 6.07) is 7.97. The summed E-state index contributed by atoms with van der Waals surface area (Å²) in [5.41, 5.74) is 1.63. The van der Waals surface area contributed by atoms with E-state index in [-0.39, 0.29) is 35.1 Å². The fraction of sp³-hybridized carbons (Fsp3) is 0.524. The summed E-state index contributed by atoms with van der Waals surface area (Å²) >= 11 is 0. The quantitative estimate of drug-likeness (QED) is 0.553. The maximum Gasteiger partial charge on any atom is 0.246 e. The minimum absolute atomic E-state index is 0.0431. The molecule has 2 rings (SSSR count). The number of benzene rings is 1. The second-order valence-corrected chi connectivity index (χ2v) is 9.83. The Balaban J connectivity index is 1.64. The molecule has 0 radical (unpaired) electrons. The number of carbonyl (C=O) groups excluding carboxylic acids is 1. The highest BCUT2D eigenvalue weighted by atomic mass is 32.2. The van der Waals surface area contributed by atoms with Gasteiger partial charge in [-0.1, -0.05) is 38.1 Å². The molecule has 0 saturated heterocycles. The van der Waals surface area contributed by atoms with Gasteiger partial charge in [0.05, 0.1) is 6.61 Å². The van der Waals surface area contributed by atoms with Gasteiger partial charge in [-0.05, 0) is 43.4 Å². The van der Waals surface area contributed by atoms with Gasteiger partial charge in [-0.25, -0.2) is 13.1 Å². The second kappa shape index (κ2) is 10.1. The zero-order chi connectivity index (χ0) is 22.4. The SMILES string of the molecule is Cc1noc(C)c1S(=O)(=O)NCCNC(=O)CCCOc1ccc(C(C)(C)C)cc1. The van der Waals surface area contributed by atoms with Crippen molar-refractivity contribution in [1.29, 1.82) is 0 Å². The van der Waals surface area contributed by atoms with Crippen LogP contribution in [0.3, 0.4) is 0 Å². The van der Waals surface area contributed by atoms with Gasteiger partial charge in [0.25, 0.3) is 0 Å². The summed E-state index contributed by atoms with van der Waals surface area (Å²) in [7, 11) is -3.72. The number of nitrogens with one attached hydrogen (secondary N) is 2. The predicted octanol–water partition coefficient (Wildman–Crippen LogP) is 2.84. The van der Waals surface area contributed by atoms with Crippen LogP contribution >= 0.6 is 0 Å². The lowest BCUT2D eigenvalue weighted by Crippen LogP contribution is -2.35. The van der Waals surface area contributed by atoms with E-state index in [1.165, 1.54) is 12.5 Å². The van der Waals surface area contributed by atoms with Crippen molar-refractivity contribution in [3.8, 4) is 5.75 Å². The van der Waals surface area contributed by atoms with Crippen LogP contribution in [0.4, 0.5) is 0 Å². The highest BCUT2D eigenvalue weighted by molar-refractivity contribution is 7.89. The minimum atomic E-state index is -3.72. The van der Waals surface area contributed by atoms with Crippen molar-refractivity contribution >= 4 is 15.9 Å². The maximum absolute atomic E-state index is 12.3. The van der Waals surface area contributed by atoms with Gasteiger partial charge in [-0.3, -0.25) is 4.79 Å². The van der Waals surface area contributed by atoms with E-state index in [9.17, 15) is 13.2 Å². The van der Waals surface area contributed by atoms with Crippen LogP contribution in [-0.4, -0.2) is 39.2 Å². The number of aromatic nitrogens is 1. The maximum atomic E-state index is 12.3. The van der Waals surface area contributed by atoms with E-state index in [0.29, 0.717) is 25.1 Å². The first-order valence-electron chi connectivity index (χ1n) is 9.93. The van der Waals surface area contributed by atoms with Crippen LogP contribution in [0, 0.1) is 13.8 Å². The molecule has 0 unspecified atom stereocenters. The summed E-state index contributed by atoms with van der Waals surface area (Å²) < 4.78 is 37.5. The third-order valence-corrected chi connectivity index (χ3v) is 6.22. The molecule has 8 nitrogen and oxygen atoms in total. The molecule has 30 heavy (non-hydrogen) atoms. The molecular weight excluding hydrogens is 406 g/mol. The first-order chi connectivity index (χ1) is 14.0. The molecule has 0 spiro atoms. The number of hydrogen-bond acceptors (Lipinski definition) is 6. The molecule has 0 aliphatic carbocycles. The first kappa shape index (κ1) is 23.9. The van der Waals surface area contributed by atoms with Gasteiger partial charge in [0.15, 0.2) is 5.76 Å². The van der Waals surface area contributed by atoms with Gasteiger partial charge in [0.2, 0.25) is 15.9 Å². The van der Waals surface area contributed by atoms with Crippen LogP contribution in [0.1, 0.15) is 50.6 Å². The van der Waals surface area contributed by atoms with Crippen molar-refractivity contribution in [3.63, 3.8) is 0 Å². The molecule has 0 saturated carbocycles. The van der Waals surface area contributed by atoms with Crippen LogP contribution < -0.4 is 14.8 Å². The van der Waals surface area contributed by atoms with Crippen LogP contribution in [0.15, 0.2) is 33.7 Å². The first-order valence-corrected chi connectivity index (χ1v) is 11.4. The van der Waals surface area contributed by atoms with Crippen LogP contribution in [0.25, 0.3) is 0 Å². The second-order valence-electron chi connectivity index (χ2n) is 8.13. The molecule has 0 aliphatic rings. The minimum Gasteiger partial charge on any atom is -0.494 e. The van der Waals surface area contributed by atoms with Gasteiger partial charge >= 0.3 is 0 Å². The number of carbonyl (C=O) groups is 1.